The van der Waals surface area contributed by atoms with Gasteiger partial charge in [-0.2, -0.15) is 5.10 Å². The lowest BCUT2D eigenvalue weighted by Gasteiger charge is -2.14. The second-order valence-electron chi connectivity index (χ2n) is 4.87. The number of nitrogens with zero attached hydrogens (tertiary/aromatic N) is 2. The first-order valence-corrected chi connectivity index (χ1v) is 6.11. The van der Waals surface area contributed by atoms with Crippen LogP contribution in [-0.2, 0) is 13.6 Å². The van der Waals surface area contributed by atoms with E-state index in [9.17, 15) is 0 Å². The van der Waals surface area contributed by atoms with Crippen LogP contribution in [0.15, 0.2) is 6.07 Å². The van der Waals surface area contributed by atoms with Crippen LogP contribution in [0.3, 0.4) is 0 Å². The maximum atomic E-state index is 4.33. The number of nitrogens with one attached hydrogen (secondary N) is 2. The van der Waals surface area contributed by atoms with Crippen molar-refractivity contribution in [1.82, 2.24) is 20.4 Å². The summed E-state index contributed by atoms with van der Waals surface area (Å²) in [6.45, 7) is 6.20. The molecule has 2 rings (SSSR count). The predicted molar refractivity (Wildman–Crippen MR) is 65.3 cm³/mol. The molecule has 1 saturated carbocycles. The Morgan fingerprint density at radius 2 is 2.31 bits per heavy atom. The fourth-order valence-corrected chi connectivity index (χ4v) is 1.81. The minimum atomic E-state index is 0.510. The highest BCUT2D eigenvalue weighted by Gasteiger charge is 2.20. The Kier molecular flexibility index (Phi) is 3.61. The lowest BCUT2D eigenvalue weighted by Crippen LogP contribution is -2.37. The summed E-state index contributed by atoms with van der Waals surface area (Å²) < 4.78 is 1.95. The SMILES string of the molecule is Cc1cc(CNC(C)CNC2CC2)n(C)n1. The first-order chi connectivity index (χ1) is 7.65. The Bertz CT molecular complexity index is 341. The number of aromatic nitrogens is 2. The molecule has 0 aromatic carbocycles. The van der Waals surface area contributed by atoms with Gasteiger partial charge in [0.2, 0.25) is 0 Å². The summed E-state index contributed by atoms with van der Waals surface area (Å²) in [5.41, 5.74) is 2.33. The Hall–Kier alpha value is -0.870. The van der Waals surface area contributed by atoms with Crippen LogP contribution >= 0.6 is 0 Å². The molecule has 1 aromatic heterocycles. The van der Waals surface area contributed by atoms with Gasteiger partial charge in [0.15, 0.2) is 0 Å². The van der Waals surface area contributed by atoms with E-state index in [1.807, 2.05) is 18.7 Å². The maximum absolute atomic E-state index is 4.33. The highest BCUT2D eigenvalue weighted by Crippen LogP contribution is 2.18. The maximum Gasteiger partial charge on any atom is 0.0597 e. The fourth-order valence-electron chi connectivity index (χ4n) is 1.81. The third-order valence-electron chi connectivity index (χ3n) is 3.02. The predicted octanol–water partition coefficient (Wildman–Crippen LogP) is 0.959. The average molecular weight is 222 g/mol. The Morgan fingerprint density at radius 3 is 2.88 bits per heavy atom. The Balaban J connectivity index is 1.70. The molecule has 0 saturated heterocycles. The topological polar surface area (TPSA) is 41.9 Å². The van der Waals surface area contributed by atoms with Gasteiger partial charge in [0.25, 0.3) is 0 Å². The van der Waals surface area contributed by atoms with Gasteiger partial charge < -0.3 is 10.6 Å². The smallest absolute Gasteiger partial charge is 0.0597 e. The third kappa shape index (κ3) is 3.32. The fraction of sp³-hybridized carbons (Fsp3) is 0.750. The van der Waals surface area contributed by atoms with Gasteiger partial charge >= 0.3 is 0 Å². The molecule has 0 bridgehead atoms. The second kappa shape index (κ2) is 4.97. The van der Waals surface area contributed by atoms with Crippen LogP contribution in [0.25, 0.3) is 0 Å². The van der Waals surface area contributed by atoms with Crippen molar-refractivity contribution in [3.8, 4) is 0 Å². The quantitative estimate of drug-likeness (QED) is 0.753. The average Bonchev–Trinajstić information content (AvgIpc) is 2.99. The number of rotatable bonds is 6. The summed E-state index contributed by atoms with van der Waals surface area (Å²) in [4.78, 5) is 0. The van der Waals surface area contributed by atoms with E-state index in [0.717, 1.165) is 24.8 Å². The van der Waals surface area contributed by atoms with Crippen molar-refractivity contribution in [2.24, 2.45) is 7.05 Å². The van der Waals surface area contributed by atoms with Crippen LogP contribution in [-0.4, -0.2) is 28.4 Å². The van der Waals surface area contributed by atoms with Crippen LogP contribution in [0.4, 0.5) is 0 Å². The standard InChI is InChI=1S/C12H22N4/c1-9-6-12(16(3)15-9)8-13-10(2)7-14-11-4-5-11/h6,10-11,13-14H,4-5,7-8H2,1-3H3. The van der Waals surface area contributed by atoms with Gasteiger partial charge in [-0.15, -0.1) is 0 Å². The van der Waals surface area contributed by atoms with Crippen molar-refractivity contribution in [3.63, 3.8) is 0 Å². The molecule has 4 heteroatoms. The monoisotopic (exact) mass is 222 g/mol. The van der Waals surface area contributed by atoms with Crippen LogP contribution in [0, 0.1) is 6.92 Å². The summed E-state index contributed by atoms with van der Waals surface area (Å²) in [6, 6.07) is 3.44. The zero-order valence-electron chi connectivity index (χ0n) is 10.5. The van der Waals surface area contributed by atoms with Gasteiger partial charge in [-0.3, -0.25) is 4.68 Å². The Morgan fingerprint density at radius 1 is 1.56 bits per heavy atom. The van der Waals surface area contributed by atoms with Gasteiger partial charge in [0.05, 0.1) is 11.4 Å². The van der Waals surface area contributed by atoms with Gasteiger partial charge in [-0.25, -0.2) is 0 Å². The zero-order valence-corrected chi connectivity index (χ0v) is 10.5. The second-order valence-corrected chi connectivity index (χ2v) is 4.87. The van der Waals surface area contributed by atoms with Crippen LogP contribution in [0.5, 0.6) is 0 Å². The zero-order chi connectivity index (χ0) is 11.5. The molecule has 1 unspecified atom stereocenters. The molecule has 0 spiro atoms. The molecular formula is C12H22N4. The molecule has 1 aliphatic rings. The normalized spacial score (nSPS) is 17.7. The summed E-state index contributed by atoms with van der Waals surface area (Å²) in [6.07, 6.45) is 2.71. The molecular weight excluding hydrogens is 200 g/mol. The van der Waals surface area contributed by atoms with Gasteiger partial charge in [0.1, 0.15) is 0 Å². The molecule has 0 amide bonds. The van der Waals surface area contributed by atoms with E-state index in [2.05, 4.69) is 28.7 Å². The number of hydrogen-bond acceptors (Lipinski definition) is 3. The molecule has 1 aromatic rings. The van der Waals surface area contributed by atoms with E-state index >= 15 is 0 Å². The largest absolute Gasteiger partial charge is 0.312 e. The molecule has 0 radical (unpaired) electrons. The molecule has 1 atom stereocenters. The first kappa shape index (κ1) is 11.6. The van der Waals surface area contributed by atoms with Crippen LogP contribution < -0.4 is 10.6 Å². The van der Waals surface area contributed by atoms with Crippen molar-refractivity contribution in [3.05, 3.63) is 17.5 Å². The van der Waals surface area contributed by atoms with E-state index in [0.29, 0.717) is 6.04 Å². The molecule has 90 valence electrons. The van der Waals surface area contributed by atoms with Gasteiger partial charge in [-0.05, 0) is 32.8 Å². The summed E-state index contributed by atoms with van der Waals surface area (Å²) in [7, 11) is 2.00. The lowest BCUT2D eigenvalue weighted by atomic mass is 10.3. The van der Waals surface area contributed by atoms with Gasteiger partial charge in [0, 0.05) is 32.2 Å². The minimum Gasteiger partial charge on any atom is -0.312 e. The molecule has 2 N–H and O–H groups in total. The van der Waals surface area contributed by atoms with Crippen molar-refractivity contribution < 1.29 is 0 Å². The van der Waals surface area contributed by atoms with E-state index in [1.54, 1.807) is 0 Å². The molecule has 1 aliphatic carbocycles. The molecule has 1 fully saturated rings. The molecule has 4 nitrogen and oxygen atoms in total. The highest BCUT2D eigenvalue weighted by molar-refractivity contribution is 5.08. The van der Waals surface area contributed by atoms with E-state index in [-0.39, 0.29) is 0 Å². The summed E-state index contributed by atoms with van der Waals surface area (Å²) >= 11 is 0. The van der Waals surface area contributed by atoms with Crippen LogP contribution in [0.2, 0.25) is 0 Å². The van der Waals surface area contributed by atoms with Crippen LogP contribution in [0.1, 0.15) is 31.2 Å². The Labute approximate surface area is 97.4 Å². The molecule has 0 aliphatic heterocycles. The van der Waals surface area contributed by atoms with Crippen molar-refractivity contribution >= 4 is 0 Å². The lowest BCUT2D eigenvalue weighted by molar-refractivity contribution is 0.489. The molecule has 1 heterocycles. The minimum absolute atomic E-state index is 0.510. The van der Waals surface area contributed by atoms with Crippen molar-refractivity contribution in [2.75, 3.05) is 6.54 Å². The summed E-state index contributed by atoms with van der Waals surface area (Å²) in [5, 5.41) is 11.4. The number of aryl methyl sites for hydroxylation is 2. The highest BCUT2D eigenvalue weighted by atomic mass is 15.3. The van der Waals surface area contributed by atoms with E-state index < -0.39 is 0 Å². The first-order valence-electron chi connectivity index (χ1n) is 6.11. The van der Waals surface area contributed by atoms with Crippen molar-refractivity contribution in [2.45, 2.75) is 45.3 Å². The van der Waals surface area contributed by atoms with Crippen molar-refractivity contribution in [1.29, 1.82) is 0 Å². The summed E-state index contributed by atoms with van der Waals surface area (Å²) in [5.74, 6) is 0. The van der Waals surface area contributed by atoms with E-state index in [1.165, 1.54) is 18.5 Å². The molecule has 16 heavy (non-hydrogen) atoms. The number of hydrogen-bond donors (Lipinski definition) is 2. The van der Waals surface area contributed by atoms with E-state index in [4.69, 9.17) is 0 Å². The van der Waals surface area contributed by atoms with Gasteiger partial charge in [-0.1, -0.05) is 0 Å². The third-order valence-corrected chi connectivity index (χ3v) is 3.02.